The summed E-state index contributed by atoms with van der Waals surface area (Å²) in [4.78, 5) is 4.19. The predicted octanol–water partition coefficient (Wildman–Crippen LogP) is 0.380. The van der Waals surface area contributed by atoms with Gasteiger partial charge in [-0.1, -0.05) is 19.0 Å². The van der Waals surface area contributed by atoms with Gasteiger partial charge in [0.25, 0.3) is 0 Å². The highest BCUT2D eigenvalue weighted by Gasteiger charge is 2.15. The van der Waals surface area contributed by atoms with Crippen LogP contribution in [0.2, 0.25) is 0 Å². The number of hydrogen-bond acceptors (Lipinski definition) is 6. The molecule has 0 bridgehead atoms. The van der Waals surface area contributed by atoms with E-state index < -0.39 is 0 Å². The van der Waals surface area contributed by atoms with Crippen molar-refractivity contribution < 1.29 is 4.52 Å². The standard InChI is InChI=1S/C9H14N6O/c1-5(2)6(10)3-8-12-9(14-16-8)7-4-11-15-13-7/h4-6H,3,10H2,1-2H3,(H,11,13,15). The van der Waals surface area contributed by atoms with Crippen molar-refractivity contribution in [3.63, 3.8) is 0 Å². The van der Waals surface area contributed by atoms with Gasteiger partial charge in [0.05, 0.1) is 6.20 Å². The van der Waals surface area contributed by atoms with Crippen LogP contribution in [-0.4, -0.2) is 31.6 Å². The van der Waals surface area contributed by atoms with Crippen LogP contribution < -0.4 is 5.73 Å². The van der Waals surface area contributed by atoms with Gasteiger partial charge in [0.1, 0.15) is 0 Å². The average molecular weight is 222 g/mol. The Hall–Kier alpha value is -1.76. The zero-order valence-electron chi connectivity index (χ0n) is 9.21. The van der Waals surface area contributed by atoms with Crippen LogP contribution >= 0.6 is 0 Å². The number of hydrogen-bond donors (Lipinski definition) is 2. The van der Waals surface area contributed by atoms with E-state index in [0.29, 0.717) is 29.7 Å². The fourth-order valence-corrected chi connectivity index (χ4v) is 1.19. The van der Waals surface area contributed by atoms with Gasteiger partial charge in [-0.25, -0.2) is 0 Å². The first-order chi connectivity index (χ1) is 7.66. The minimum absolute atomic E-state index is 0.0191. The fourth-order valence-electron chi connectivity index (χ4n) is 1.19. The second kappa shape index (κ2) is 4.40. The molecule has 1 unspecified atom stereocenters. The van der Waals surface area contributed by atoms with Crippen LogP contribution in [0.1, 0.15) is 19.7 Å². The third kappa shape index (κ3) is 2.25. The van der Waals surface area contributed by atoms with Crippen LogP contribution in [0.3, 0.4) is 0 Å². The van der Waals surface area contributed by atoms with Crippen LogP contribution in [0.15, 0.2) is 10.7 Å². The summed E-state index contributed by atoms with van der Waals surface area (Å²) in [5, 5.41) is 13.8. The van der Waals surface area contributed by atoms with Gasteiger partial charge in [0.15, 0.2) is 5.69 Å². The lowest BCUT2D eigenvalue weighted by Crippen LogP contribution is -2.28. The Morgan fingerprint density at radius 3 is 2.94 bits per heavy atom. The highest BCUT2D eigenvalue weighted by molar-refractivity contribution is 5.44. The van der Waals surface area contributed by atoms with Crippen LogP contribution in [0.25, 0.3) is 11.5 Å². The summed E-state index contributed by atoms with van der Waals surface area (Å²) >= 11 is 0. The molecule has 0 fully saturated rings. The van der Waals surface area contributed by atoms with E-state index in [4.69, 9.17) is 10.3 Å². The fraction of sp³-hybridized carbons (Fsp3) is 0.556. The zero-order valence-corrected chi connectivity index (χ0v) is 9.21. The smallest absolute Gasteiger partial charge is 0.228 e. The van der Waals surface area contributed by atoms with Gasteiger partial charge < -0.3 is 10.3 Å². The molecule has 7 heteroatoms. The zero-order chi connectivity index (χ0) is 11.5. The molecule has 1 atom stereocenters. The summed E-state index contributed by atoms with van der Waals surface area (Å²) < 4.78 is 5.09. The summed E-state index contributed by atoms with van der Waals surface area (Å²) in [6.45, 7) is 4.11. The van der Waals surface area contributed by atoms with Crippen LogP contribution in [0, 0.1) is 5.92 Å². The molecule has 3 N–H and O–H groups in total. The normalized spacial score (nSPS) is 13.2. The van der Waals surface area contributed by atoms with Gasteiger partial charge in [0, 0.05) is 12.5 Å². The van der Waals surface area contributed by atoms with Gasteiger partial charge >= 0.3 is 0 Å². The minimum atomic E-state index is 0.0191. The Morgan fingerprint density at radius 1 is 1.50 bits per heavy atom. The highest BCUT2D eigenvalue weighted by Crippen LogP contribution is 2.12. The molecule has 0 aliphatic rings. The van der Waals surface area contributed by atoms with E-state index in [2.05, 4.69) is 39.4 Å². The van der Waals surface area contributed by atoms with Crippen LogP contribution in [0.5, 0.6) is 0 Å². The van der Waals surface area contributed by atoms with Crippen molar-refractivity contribution >= 4 is 0 Å². The van der Waals surface area contributed by atoms with Crippen molar-refractivity contribution in [2.24, 2.45) is 11.7 Å². The molecule has 0 saturated carbocycles. The summed E-state index contributed by atoms with van der Waals surface area (Å²) in [7, 11) is 0. The molecule has 2 rings (SSSR count). The quantitative estimate of drug-likeness (QED) is 0.774. The van der Waals surface area contributed by atoms with Gasteiger partial charge in [0.2, 0.25) is 11.7 Å². The molecule has 0 aliphatic carbocycles. The minimum Gasteiger partial charge on any atom is -0.339 e. The average Bonchev–Trinajstić information content (AvgIpc) is 2.85. The van der Waals surface area contributed by atoms with Crippen molar-refractivity contribution in [2.45, 2.75) is 26.3 Å². The molecule has 0 spiro atoms. The van der Waals surface area contributed by atoms with Gasteiger partial charge in [-0.15, -0.1) is 0 Å². The number of nitrogens with zero attached hydrogens (tertiary/aromatic N) is 4. The van der Waals surface area contributed by atoms with Crippen molar-refractivity contribution in [1.82, 2.24) is 25.6 Å². The third-order valence-corrected chi connectivity index (χ3v) is 2.38. The Bertz CT molecular complexity index is 435. The maximum absolute atomic E-state index is 5.91. The summed E-state index contributed by atoms with van der Waals surface area (Å²) in [5.74, 6) is 1.33. The predicted molar refractivity (Wildman–Crippen MR) is 56.2 cm³/mol. The van der Waals surface area contributed by atoms with Gasteiger partial charge in [-0.2, -0.15) is 20.4 Å². The van der Waals surface area contributed by atoms with Gasteiger partial charge in [-0.3, -0.25) is 0 Å². The molecule has 0 aliphatic heterocycles. The first kappa shape index (κ1) is 10.7. The van der Waals surface area contributed by atoms with Crippen LogP contribution in [0.4, 0.5) is 0 Å². The summed E-state index contributed by atoms with van der Waals surface area (Å²) in [5.41, 5.74) is 6.48. The molecule has 16 heavy (non-hydrogen) atoms. The van der Waals surface area contributed by atoms with E-state index in [-0.39, 0.29) is 6.04 Å². The number of nitrogens with one attached hydrogen (secondary N) is 1. The lowest BCUT2D eigenvalue weighted by Gasteiger charge is -2.11. The van der Waals surface area contributed by atoms with E-state index >= 15 is 0 Å². The van der Waals surface area contributed by atoms with Crippen molar-refractivity contribution in [3.05, 3.63) is 12.1 Å². The number of rotatable bonds is 4. The van der Waals surface area contributed by atoms with Crippen molar-refractivity contribution in [1.29, 1.82) is 0 Å². The summed E-state index contributed by atoms with van der Waals surface area (Å²) in [6, 6.07) is 0.0191. The van der Waals surface area contributed by atoms with E-state index in [1.165, 1.54) is 6.20 Å². The monoisotopic (exact) mass is 222 g/mol. The molecule has 7 nitrogen and oxygen atoms in total. The SMILES string of the molecule is CC(C)C(N)Cc1nc(-c2cn[nH]n2)no1. The Morgan fingerprint density at radius 2 is 2.31 bits per heavy atom. The Labute approximate surface area is 92.4 Å². The third-order valence-electron chi connectivity index (χ3n) is 2.38. The topological polar surface area (TPSA) is 107 Å². The van der Waals surface area contributed by atoms with E-state index in [9.17, 15) is 0 Å². The largest absolute Gasteiger partial charge is 0.339 e. The molecular formula is C9H14N6O. The second-order valence-electron chi connectivity index (χ2n) is 3.98. The number of H-pyrrole nitrogens is 1. The summed E-state index contributed by atoms with van der Waals surface area (Å²) in [6.07, 6.45) is 2.11. The van der Waals surface area contributed by atoms with Crippen molar-refractivity contribution in [3.8, 4) is 11.5 Å². The van der Waals surface area contributed by atoms with Gasteiger partial charge in [-0.05, 0) is 5.92 Å². The molecule has 86 valence electrons. The maximum atomic E-state index is 5.91. The van der Waals surface area contributed by atoms with Crippen LogP contribution in [-0.2, 0) is 6.42 Å². The molecule has 0 aromatic carbocycles. The lowest BCUT2D eigenvalue weighted by atomic mass is 10.0. The second-order valence-corrected chi connectivity index (χ2v) is 3.98. The molecule has 0 radical (unpaired) electrons. The maximum Gasteiger partial charge on any atom is 0.228 e. The first-order valence-corrected chi connectivity index (χ1v) is 5.11. The molecule has 2 heterocycles. The molecule has 0 amide bonds. The Balaban J connectivity index is 2.08. The first-order valence-electron chi connectivity index (χ1n) is 5.11. The number of nitrogens with two attached hydrogens (primary N) is 1. The van der Waals surface area contributed by atoms with E-state index in [0.717, 1.165) is 0 Å². The number of aromatic amines is 1. The molecule has 2 aromatic heterocycles. The molecule has 2 aromatic rings. The molecular weight excluding hydrogens is 208 g/mol. The Kier molecular flexibility index (Phi) is 2.95. The molecule has 0 saturated heterocycles. The van der Waals surface area contributed by atoms with E-state index in [1.54, 1.807) is 0 Å². The van der Waals surface area contributed by atoms with E-state index in [1.807, 2.05) is 0 Å². The van der Waals surface area contributed by atoms with Crippen molar-refractivity contribution in [2.75, 3.05) is 0 Å². The lowest BCUT2D eigenvalue weighted by molar-refractivity contribution is 0.353. The highest BCUT2D eigenvalue weighted by atomic mass is 16.5. The number of aromatic nitrogens is 5.